The van der Waals surface area contributed by atoms with Crippen molar-refractivity contribution in [3.05, 3.63) is 35.4 Å². The molecule has 1 heteroatoms. The first kappa shape index (κ1) is 12.0. The highest BCUT2D eigenvalue weighted by Crippen LogP contribution is 2.38. The van der Waals surface area contributed by atoms with Crippen molar-refractivity contribution in [2.24, 2.45) is 0 Å². The van der Waals surface area contributed by atoms with E-state index in [9.17, 15) is 4.79 Å². The molecule has 0 saturated heterocycles. The average Bonchev–Trinajstić information content (AvgIpc) is 2.62. The summed E-state index contributed by atoms with van der Waals surface area (Å²) in [4.78, 5) is 11.5. The molecule has 0 saturated carbocycles. The minimum Gasteiger partial charge on any atom is -0.299 e. The van der Waals surface area contributed by atoms with E-state index in [0.717, 1.165) is 12.8 Å². The van der Waals surface area contributed by atoms with Gasteiger partial charge in [0.05, 0.1) is 5.41 Å². The highest BCUT2D eigenvalue weighted by atomic mass is 16.1. The second-order valence-electron chi connectivity index (χ2n) is 4.05. The number of Topliss-reactive ketones (excluding diaryl/α,β-unsaturated/α-hetero) is 1. The number of aryl methyl sites for hydroxylation is 1. The lowest BCUT2D eigenvalue weighted by Gasteiger charge is -2.21. The number of carbonyl (C=O) groups excluding carboxylic acids is 1. The van der Waals surface area contributed by atoms with Crippen LogP contribution < -0.4 is 0 Å². The third kappa shape index (κ3) is 1.97. The lowest BCUT2D eigenvalue weighted by molar-refractivity contribution is -0.121. The highest BCUT2D eigenvalue weighted by Gasteiger charge is 2.37. The molecule has 0 spiro atoms. The molecular formula is C14H20O. The van der Waals surface area contributed by atoms with Crippen LogP contribution in [0.15, 0.2) is 24.3 Å². The fourth-order valence-corrected chi connectivity index (χ4v) is 2.16. The number of hydrogen-bond acceptors (Lipinski definition) is 1. The number of hydrogen-bond donors (Lipinski definition) is 0. The zero-order valence-corrected chi connectivity index (χ0v) is 10.1. The third-order valence-electron chi connectivity index (χ3n) is 3.28. The smallest absolute Gasteiger partial charge is 0.140 e. The van der Waals surface area contributed by atoms with Crippen molar-refractivity contribution in [2.45, 2.75) is 46.0 Å². The van der Waals surface area contributed by atoms with Crippen LogP contribution in [-0.4, -0.2) is 5.78 Å². The summed E-state index contributed by atoms with van der Waals surface area (Å²) >= 11 is 0. The van der Waals surface area contributed by atoms with E-state index in [1.165, 1.54) is 11.1 Å². The second kappa shape index (κ2) is 4.61. The molecule has 1 aliphatic rings. The molecule has 0 unspecified atom stereocenters. The van der Waals surface area contributed by atoms with E-state index in [4.69, 9.17) is 0 Å². The molecule has 1 aromatic rings. The Labute approximate surface area is 92.5 Å². The first-order chi connectivity index (χ1) is 7.14. The van der Waals surface area contributed by atoms with Gasteiger partial charge >= 0.3 is 0 Å². The minimum atomic E-state index is -0.212. The Kier molecular flexibility index (Phi) is 3.67. The van der Waals surface area contributed by atoms with E-state index in [1.54, 1.807) is 6.92 Å². The van der Waals surface area contributed by atoms with Crippen LogP contribution in [0.3, 0.4) is 0 Å². The van der Waals surface area contributed by atoms with Gasteiger partial charge in [-0.25, -0.2) is 0 Å². The van der Waals surface area contributed by atoms with Crippen molar-refractivity contribution in [1.82, 2.24) is 0 Å². The largest absolute Gasteiger partial charge is 0.299 e. The van der Waals surface area contributed by atoms with Gasteiger partial charge in [-0.05, 0) is 37.8 Å². The molecule has 0 bridgehead atoms. The molecule has 2 rings (SSSR count). The van der Waals surface area contributed by atoms with Crippen LogP contribution >= 0.6 is 0 Å². The molecule has 0 amide bonds. The van der Waals surface area contributed by atoms with Crippen molar-refractivity contribution in [3.63, 3.8) is 0 Å². The van der Waals surface area contributed by atoms with E-state index in [-0.39, 0.29) is 11.2 Å². The van der Waals surface area contributed by atoms with E-state index in [2.05, 4.69) is 19.1 Å². The Morgan fingerprint density at radius 3 is 2.47 bits per heavy atom. The second-order valence-corrected chi connectivity index (χ2v) is 4.05. The summed E-state index contributed by atoms with van der Waals surface area (Å²) in [6.45, 7) is 7.75. The van der Waals surface area contributed by atoms with Gasteiger partial charge in [0.2, 0.25) is 0 Å². The number of ketones is 1. The predicted molar refractivity (Wildman–Crippen MR) is 64.1 cm³/mol. The van der Waals surface area contributed by atoms with E-state index < -0.39 is 0 Å². The Morgan fingerprint density at radius 2 is 1.87 bits per heavy atom. The van der Waals surface area contributed by atoms with Gasteiger partial charge in [0.1, 0.15) is 5.78 Å². The molecule has 1 aromatic carbocycles. The van der Waals surface area contributed by atoms with Crippen molar-refractivity contribution in [3.8, 4) is 0 Å². The number of benzene rings is 1. The Balaban J connectivity index is 0.000000531. The Morgan fingerprint density at radius 1 is 1.27 bits per heavy atom. The van der Waals surface area contributed by atoms with Crippen molar-refractivity contribution >= 4 is 5.78 Å². The maximum absolute atomic E-state index is 11.5. The maximum atomic E-state index is 11.5. The molecule has 0 radical (unpaired) electrons. The Bertz CT molecular complexity index is 354. The summed E-state index contributed by atoms with van der Waals surface area (Å²) in [6.07, 6.45) is 2.02. The van der Waals surface area contributed by atoms with Crippen LogP contribution in [-0.2, 0) is 16.6 Å². The van der Waals surface area contributed by atoms with E-state index >= 15 is 0 Å². The monoisotopic (exact) mass is 204 g/mol. The summed E-state index contributed by atoms with van der Waals surface area (Å²) in [5.41, 5.74) is 2.37. The highest BCUT2D eigenvalue weighted by molar-refractivity contribution is 5.88. The molecule has 1 atom stereocenters. The molecule has 15 heavy (non-hydrogen) atoms. The predicted octanol–water partition coefficient (Wildman–Crippen LogP) is 3.51. The maximum Gasteiger partial charge on any atom is 0.140 e. The molecule has 0 N–H and O–H groups in total. The van der Waals surface area contributed by atoms with Gasteiger partial charge in [-0.3, -0.25) is 4.79 Å². The third-order valence-corrected chi connectivity index (χ3v) is 3.28. The van der Waals surface area contributed by atoms with Crippen molar-refractivity contribution in [2.75, 3.05) is 0 Å². The fourth-order valence-electron chi connectivity index (χ4n) is 2.16. The standard InChI is InChI=1S/C12H14O.C2H6/c1-9(13)12(2)8-7-10-5-3-4-6-11(10)12;1-2/h3-6H,7-8H2,1-2H3;1-2H3/t12-;/m0./s1. The van der Waals surface area contributed by atoms with Crippen LogP contribution in [0.1, 0.15) is 45.2 Å². The van der Waals surface area contributed by atoms with Gasteiger partial charge < -0.3 is 0 Å². The summed E-state index contributed by atoms with van der Waals surface area (Å²) in [6, 6.07) is 8.28. The zero-order chi connectivity index (χ0) is 11.5. The summed E-state index contributed by atoms with van der Waals surface area (Å²) in [5.74, 6) is 0.289. The Hall–Kier alpha value is -1.11. The summed E-state index contributed by atoms with van der Waals surface area (Å²) in [7, 11) is 0. The van der Waals surface area contributed by atoms with Crippen LogP contribution in [0.25, 0.3) is 0 Å². The first-order valence-electron chi connectivity index (χ1n) is 5.74. The minimum absolute atomic E-state index is 0.212. The number of rotatable bonds is 1. The fraction of sp³-hybridized carbons (Fsp3) is 0.500. The van der Waals surface area contributed by atoms with Gasteiger partial charge in [-0.15, -0.1) is 0 Å². The SMILES string of the molecule is CC.CC(=O)[C@]1(C)CCc2ccccc21. The van der Waals surface area contributed by atoms with E-state index in [0.29, 0.717) is 0 Å². The molecule has 0 aromatic heterocycles. The summed E-state index contributed by atoms with van der Waals surface area (Å²) in [5, 5.41) is 0. The number of carbonyl (C=O) groups is 1. The van der Waals surface area contributed by atoms with Gasteiger partial charge in [0, 0.05) is 0 Å². The quantitative estimate of drug-likeness (QED) is 0.684. The topological polar surface area (TPSA) is 17.1 Å². The van der Waals surface area contributed by atoms with Crippen LogP contribution in [0, 0.1) is 0 Å². The average molecular weight is 204 g/mol. The summed E-state index contributed by atoms with van der Waals surface area (Å²) < 4.78 is 0. The molecule has 0 aliphatic heterocycles. The molecule has 0 heterocycles. The molecule has 1 nitrogen and oxygen atoms in total. The normalized spacial score (nSPS) is 22.7. The van der Waals surface area contributed by atoms with Crippen LogP contribution in [0.4, 0.5) is 0 Å². The first-order valence-corrected chi connectivity index (χ1v) is 5.74. The molecule has 0 fully saturated rings. The van der Waals surface area contributed by atoms with Gasteiger partial charge in [-0.1, -0.05) is 38.1 Å². The lowest BCUT2D eigenvalue weighted by Crippen LogP contribution is -2.27. The van der Waals surface area contributed by atoms with Crippen molar-refractivity contribution in [1.29, 1.82) is 0 Å². The zero-order valence-electron chi connectivity index (χ0n) is 10.1. The van der Waals surface area contributed by atoms with Crippen LogP contribution in [0.2, 0.25) is 0 Å². The van der Waals surface area contributed by atoms with Crippen molar-refractivity contribution < 1.29 is 4.79 Å². The molecule has 82 valence electrons. The van der Waals surface area contributed by atoms with Crippen LogP contribution in [0.5, 0.6) is 0 Å². The molecule has 1 aliphatic carbocycles. The molecular weight excluding hydrogens is 184 g/mol. The van der Waals surface area contributed by atoms with Gasteiger partial charge in [0.15, 0.2) is 0 Å². The van der Waals surface area contributed by atoms with Gasteiger partial charge in [0.25, 0.3) is 0 Å². The van der Waals surface area contributed by atoms with Gasteiger partial charge in [-0.2, -0.15) is 0 Å². The number of fused-ring (bicyclic) bond motifs is 1. The lowest BCUT2D eigenvalue weighted by atomic mass is 9.81. The van der Waals surface area contributed by atoms with E-state index in [1.807, 2.05) is 26.0 Å².